The zero-order valence-corrected chi connectivity index (χ0v) is 9.30. The van der Waals surface area contributed by atoms with E-state index in [1.165, 1.54) is 11.8 Å². The molecule has 1 rings (SSSR count). The van der Waals surface area contributed by atoms with Crippen LogP contribution >= 0.6 is 0 Å². The number of nitrogens with two attached hydrogens (primary N) is 1. The van der Waals surface area contributed by atoms with Gasteiger partial charge in [0.2, 0.25) is 5.91 Å². The van der Waals surface area contributed by atoms with E-state index in [2.05, 4.69) is 0 Å². The van der Waals surface area contributed by atoms with Crippen LogP contribution in [0.25, 0.3) is 0 Å². The lowest BCUT2D eigenvalue weighted by Gasteiger charge is -2.32. The van der Waals surface area contributed by atoms with Crippen LogP contribution < -0.4 is 5.73 Å². The second-order valence-corrected chi connectivity index (χ2v) is 4.20. The van der Waals surface area contributed by atoms with Crippen LogP contribution in [0.4, 0.5) is 0 Å². The minimum Gasteiger partial charge on any atom is -0.481 e. The van der Waals surface area contributed by atoms with Gasteiger partial charge in [0.05, 0.1) is 12.0 Å². The van der Waals surface area contributed by atoms with Crippen molar-refractivity contribution in [2.24, 2.45) is 11.7 Å². The molecule has 6 heteroatoms. The molecule has 16 heavy (non-hydrogen) atoms. The minimum absolute atomic E-state index is 0.307. The van der Waals surface area contributed by atoms with Gasteiger partial charge in [0, 0.05) is 13.1 Å². The molecule has 6 nitrogen and oxygen atoms in total. The van der Waals surface area contributed by atoms with Crippen molar-refractivity contribution in [3.05, 3.63) is 0 Å². The Morgan fingerprint density at radius 2 is 1.88 bits per heavy atom. The Bertz CT molecular complexity index is 272. The van der Waals surface area contributed by atoms with E-state index in [1.807, 2.05) is 0 Å². The number of piperidine rings is 1. The molecule has 0 aromatic carbocycles. The number of carboxylic acids is 1. The number of nitrogens with zero attached hydrogens (tertiary/aromatic N) is 1. The summed E-state index contributed by atoms with van der Waals surface area (Å²) in [6, 6.07) is -0.915. The van der Waals surface area contributed by atoms with Gasteiger partial charge < -0.3 is 20.8 Å². The molecule has 0 radical (unpaired) electrons. The summed E-state index contributed by atoms with van der Waals surface area (Å²) in [7, 11) is 0. The molecule has 1 aliphatic rings. The van der Waals surface area contributed by atoms with Crippen molar-refractivity contribution >= 4 is 11.9 Å². The highest BCUT2D eigenvalue weighted by atomic mass is 16.4. The van der Waals surface area contributed by atoms with Crippen LogP contribution in [0.5, 0.6) is 0 Å². The molecular formula is C10H18N2O4. The first-order valence-electron chi connectivity index (χ1n) is 5.38. The third-order valence-electron chi connectivity index (χ3n) is 2.96. The zero-order chi connectivity index (χ0) is 12.3. The van der Waals surface area contributed by atoms with Crippen molar-refractivity contribution in [3.8, 4) is 0 Å². The number of hydrogen-bond acceptors (Lipinski definition) is 4. The maximum Gasteiger partial charge on any atom is 0.306 e. The largest absolute Gasteiger partial charge is 0.481 e. The normalized spacial score (nSPS) is 21.6. The van der Waals surface area contributed by atoms with E-state index in [0.29, 0.717) is 25.9 Å². The molecule has 0 aliphatic carbocycles. The predicted molar refractivity (Wildman–Crippen MR) is 56.6 cm³/mol. The van der Waals surface area contributed by atoms with Gasteiger partial charge in [-0.3, -0.25) is 9.59 Å². The predicted octanol–water partition coefficient (Wildman–Crippen LogP) is -0.982. The molecule has 2 unspecified atom stereocenters. The molecule has 0 spiro atoms. The second-order valence-electron chi connectivity index (χ2n) is 4.20. The molecule has 1 heterocycles. The fourth-order valence-electron chi connectivity index (χ4n) is 1.76. The van der Waals surface area contributed by atoms with Crippen molar-refractivity contribution in [2.75, 3.05) is 13.1 Å². The van der Waals surface area contributed by atoms with Gasteiger partial charge >= 0.3 is 5.97 Å². The van der Waals surface area contributed by atoms with Crippen LogP contribution in [0, 0.1) is 5.92 Å². The van der Waals surface area contributed by atoms with Gasteiger partial charge in [-0.15, -0.1) is 0 Å². The van der Waals surface area contributed by atoms with Crippen molar-refractivity contribution in [2.45, 2.75) is 31.9 Å². The Labute approximate surface area is 94.0 Å². The summed E-state index contributed by atoms with van der Waals surface area (Å²) >= 11 is 0. The second kappa shape index (κ2) is 5.27. The van der Waals surface area contributed by atoms with Crippen LogP contribution in [0.2, 0.25) is 0 Å². The summed E-state index contributed by atoms with van der Waals surface area (Å²) in [6.07, 6.45) is 0.0194. The number of aliphatic hydroxyl groups excluding tert-OH is 1. The number of amides is 1. The Kier molecular flexibility index (Phi) is 4.26. The summed E-state index contributed by atoms with van der Waals surface area (Å²) in [5.41, 5.74) is 5.53. The smallest absolute Gasteiger partial charge is 0.306 e. The molecule has 1 amide bonds. The van der Waals surface area contributed by atoms with Crippen LogP contribution in [-0.2, 0) is 9.59 Å². The lowest BCUT2D eigenvalue weighted by atomic mass is 9.96. The third-order valence-corrected chi connectivity index (χ3v) is 2.96. The van der Waals surface area contributed by atoms with E-state index in [-0.39, 0.29) is 11.8 Å². The molecule has 0 saturated carbocycles. The first-order chi connectivity index (χ1) is 7.43. The average molecular weight is 230 g/mol. The molecule has 1 fully saturated rings. The van der Waals surface area contributed by atoms with Gasteiger partial charge in [0.25, 0.3) is 0 Å². The Balaban J connectivity index is 2.47. The Hall–Kier alpha value is -1.14. The van der Waals surface area contributed by atoms with Crippen LogP contribution in [0.3, 0.4) is 0 Å². The fraction of sp³-hybridized carbons (Fsp3) is 0.800. The molecule has 1 saturated heterocycles. The number of rotatable bonds is 3. The first-order valence-corrected chi connectivity index (χ1v) is 5.38. The van der Waals surface area contributed by atoms with Crippen LogP contribution in [0.15, 0.2) is 0 Å². The summed E-state index contributed by atoms with van der Waals surface area (Å²) < 4.78 is 0. The first kappa shape index (κ1) is 12.9. The van der Waals surface area contributed by atoms with Crippen molar-refractivity contribution < 1.29 is 19.8 Å². The highest BCUT2D eigenvalue weighted by Gasteiger charge is 2.30. The summed E-state index contributed by atoms with van der Waals surface area (Å²) in [4.78, 5) is 23.9. The molecule has 0 bridgehead atoms. The molecular weight excluding hydrogens is 212 g/mol. The van der Waals surface area contributed by atoms with Gasteiger partial charge in [-0.1, -0.05) is 0 Å². The van der Waals surface area contributed by atoms with E-state index in [4.69, 9.17) is 10.8 Å². The number of carbonyl (C=O) groups excluding carboxylic acids is 1. The molecule has 0 aromatic heterocycles. The summed E-state index contributed by atoms with van der Waals surface area (Å²) in [6.45, 7) is 2.26. The number of carboxylic acid groups (broad SMARTS) is 1. The SMILES string of the molecule is CC(O)C(N)C(=O)N1CCC(C(=O)O)CC1. The quantitative estimate of drug-likeness (QED) is 0.578. The number of aliphatic carboxylic acids is 1. The minimum atomic E-state index is -0.915. The highest BCUT2D eigenvalue weighted by Crippen LogP contribution is 2.17. The van der Waals surface area contributed by atoms with E-state index < -0.39 is 18.1 Å². The number of carbonyl (C=O) groups is 2. The Morgan fingerprint density at radius 1 is 1.38 bits per heavy atom. The molecule has 2 atom stereocenters. The standard InChI is InChI=1S/C10H18N2O4/c1-6(13)8(11)9(14)12-4-2-7(3-5-12)10(15)16/h6-8,13H,2-5,11H2,1H3,(H,15,16). The van der Waals surface area contributed by atoms with Crippen molar-refractivity contribution in [3.63, 3.8) is 0 Å². The number of likely N-dealkylation sites (tertiary alicyclic amines) is 1. The lowest BCUT2D eigenvalue weighted by Crippen LogP contribution is -2.51. The van der Waals surface area contributed by atoms with E-state index in [1.54, 1.807) is 0 Å². The van der Waals surface area contributed by atoms with Gasteiger partial charge in [0.15, 0.2) is 0 Å². The zero-order valence-electron chi connectivity index (χ0n) is 9.30. The molecule has 0 aromatic rings. The fourth-order valence-corrected chi connectivity index (χ4v) is 1.76. The molecule has 92 valence electrons. The van der Waals surface area contributed by atoms with Crippen LogP contribution in [-0.4, -0.2) is 52.2 Å². The van der Waals surface area contributed by atoms with Gasteiger partial charge in [0.1, 0.15) is 6.04 Å². The van der Waals surface area contributed by atoms with Crippen molar-refractivity contribution in [1.29, 1.82) is 0 Å². The van der Waals surface area contributed by atoms with Crippen molar-refractivity contribution in [1.82, 2.24) is 4.90 Å². The lowest BCUT2D eigenvalue weighted by molar-refractivity contribution is -0.146. The number of hydrogen-bond donors (Lipinski definition) is 3. The number of aliphatic hydroxyl groups is 1. The van der Waals surface area contributed by atoms with E-state index >= 15 is 0 Å². The summed E-state index contributed by atoms with van der Waals surface area (Å²) in [5, 5.41) is 18.0. The third kappa shape index (κ3) is 2.93. The van der Waals surface area contributed by atoms with E-state index in [0.717, 1.165) is 0 Å². The van der Waals surface area contributed by atoms with Gasteiger partial charge in [-0.05, 0) is 19.8 Å². The maximum atomic E-state index is 11.7. The highest BCUT2D eigenvalue weighted by molar-refractivity contribution is 5.82. The van der Waals surface area contributed by atoms with E-state index in [9.17, 15) is 14.7 Å². The average Bonchev–Trinajstić information content (AvgIpc) is 2.27. The van der Waals surface area contributed by atoms with Crippen LogP contribution in [0.1, 0.15) is 19.8 Å². The molecule has 1 aliphatic heterocycles. The Morgan fingerprint density at radius 3 is 2.25 bits per heavy atom. The van der Waals surface area contributed by atoms with Gasteiger partial charge in [-0.2, -0.15) is 0 Å². The molecule has 4 N–H and O–H groups in total. The summed E-state index contributed by atoms with van der Waals surface area (Å²) in [5.74, 6) is -1.49. The maximum absolute atomic E-state index is 11.7. The monoisotopic (exact) mass is 230 g/mol. The van der Waals surface area contributed by atoms with Gasteiger partial charge in [-0.25, -0.2) is 0 Å². The topological polar surface area (TPSA) is 104 Å².